The van der Waals surface area contributed by atoms with E-state index in [0.717, 1.165) is 5.56 Å². The Morgan fingerprint density at radius 3 is 2.69 bits per heavy atom. The molecule has 1 aromatic carbocycles. The molecule has 0 aliphatic heterocycles. The molecule has 1 aromatic heterocycles. The maximum absolute atomic E-state index is 12.8. The maximum atomic E-state index is 12.8. The molecule has 0 radical (unpaired) electrons. The molecule has 0 fully saturated rings. The van der Waals surface area contributed by atoms with Crippen LogP contribution in [0, 0.1) is 0 Å². The molecule has 0 atom stereocenters. The molecule has 2 rings (SSSR count). The van der Waals surface area contributed by atoms with Crippen LogP contribution in [0.5, 0.6) is 0 Å². The third-order valence-corrected chi connectivity index (χ3v) is 2.06. The number of benzene rings is 1. The molecule has 16 heavy (non-hydrogen) atoms. The Bertz CT molecular complexity index is 474. The number of oxazole rings is 1. The average Bonchev–Trinajstić information content (AvgIpc) is 2.83. The number of aliphatic hydroxyl groups excluding tert-OH is 1. The summed E-state index contributed by atoms with van der Waals surface area (Å²) in [6.45, 7) is -0.582. The third-order valence-electron chi connectivity index (χ3n) is 2.06. The van der Waals surface area contributed by atoms with Crippen molar-refractivity contribution in [3.8, 4) is 11.5 Å². The Morgan fingerprint density at radius 2 is 2.12 bits per heavy atom. The van der Waals surface area contributed by atoms with Gasteiger partial charge in [-0.1, -0.05) is 12.1 Å². The monoisotopic (exact) mass is 219 g/mol. The zero-order valence-electron chi connectivity index (χ0n) is 8.43. The second-order valence-electron chi connectivity index (χ2n) is 3.21. The van der Waals surface area contributed by atoms with E-state index in [9.17, 15) is 4.39 Å². The molecule has 1 N–H and O–H groups in total. The minimum Gasteiger partial charge on any atom is -0.445 e. The third kappa shape index (κ3) is 2.35. The smallest absolute Gasteiger partial charge is 0.225 e. The first-order valence-electron chi connectivity index (χ1n) is 4.76. The van der Waals surface area contributed by atoms with E-state index in [4.69, 9.17) is 9.52 Å². The Labute approximate surface area is 91.9 Å². The minimum atomic E-state index is -0.582. The van der Waals surface area contributed by atoms with Crippen molar-refractivity contribution < 1.29 is 13.9 Å². The van der Waals surface area contributed by atoms with Gasteiger partial charge in [0.05, 0.1) is 12.8 Å². The number of nitrogens with zero attached hydrogens (tertiary/aromatic N) is 1. The largest absolute Gasteiger partial charge is 0.445 e. The highest BCUT2D eigenvalue weighted by Crippen LogP contribution is 2.18. The molecule has 0 saturated heterocycles. The van der Waals surface area contributed by atoms with Gasteiger partial charge >= 0.3 is 0 Å². The highest BCUT2D eigenvalue weighted by molar-refractivity contribution is 5.59. The van der Waals surface area contributed by atoms with Crippen LogP contribution >= 0.6 is 0 Å². The van der Waals surface area contributed by atoms with Crippen molar-refractivity contribution in [2.75, 3.05) is 6.61 Å². The van der Waals surface area contributed by atoms with Gasteiger partial charge in [-0.2, -0.15) is 0 Å². The van der Waals surface area contributed by atoms with Gasteiger partial charge in [0.15, 0.2) is 0 Å². The molecule has 82 valence electrons. The fourth-order valence-electron chi connectivity index (χ4n) is 1.31. The first-order chi connectivity index (χ1) is 7.79. The van der Waals surface area contributed by atoms with Gasteiger partial charge in [-0.15, -0.1) is 0 Å². The normalized spacial score (nSPS) is 11.8. The van der Waals surface area contributed by atoms with E-state index in [1.165, 1.54) is 12.3 Å². The van der Waals surface area contributed by atoms with Crippen molar-refractivity contribution in [1.29, 1.82) is 0 Å². The molecule has 0 saturated carbocycles. The molecule has 0 spiro atoms. The van der Waals surface area contributed by atoms with Gasteiger partial charge in [0.1, 0.15) is 12.1 Å². The lowest BCUT2D eigenvalue weighted by atomic mass is 10.1. The van der Waals surface area contributed by atoms with Crippen LogP contribution in [0.3, 0.4) is 0 Å². The van der Waals surface area contributed by atoms with Gasteiger partial charge < -0.3 is 9.52 Å². The van der Waals surface area contributed by atoms with E-state index in [1.807, 2.05) is 0 Å². The zero-order chi connectivity index (χ0) is 11.4. The summed E-state index contributed by atoms with van der Waals surface area (Å²) in [6.07, 6.45) is 4.34. The zero-order valence-corrected chi connectivity index (χ0v) is 8.43. The van der Waals surface area contributed by atoms with Gasteiger partial charge in [0.25, 0.3) is 0 Å². The van der Waals surface area contributed by atoms with Gasteiger partial charge in [0.2, 0.25) is 5.89 Å². The molecular weight excluding hydrogens is 209 g/mol. The standard InChI is InChI=1S/C12H10FNO2/c13-11(8-15)7-9-1-3-10(4-2-9)12-14-5-6-16-12/h1-7,15H,8H2/b11-7+. The lowest BCUT2D eigenvalue weighted by molar-refractivity contribution is 0.300. The molecule has 0 bridgehead atoms. The Hall–Kier alpha value is -1.94. The van der Waals surface area contributed by atoms with Gasteiger partial charge in [-0.3, -0.25) is 0 Å². The molecule has 0 unspecified atom stereocenters. The van der Waals surface area contributed by atoms with E-state index >= 15 is 0 Å². The summed E-state index contributed by atoms with van der Waals surface area (Å²) in [4.78, 5) is 4.00. The molecule has 0 aliphatic rings. The second-order valence-corrected chi connectivity index (χ2v) is 3.21. The van der Waals surface area contributed by atoms with Crippen LogP contribution < -0.4 is 0 Å². The van der Waals surface area contributed by atoms with Gasteiger partial charge in [0, 0.05) is 5.56 Å². The fraction of sp³-hybridized carbons (Fsp3) is 0.0833. The van der Waals surface area contributed by atoms with Crippen LogP contribution in [-0.2, 0) is 0 Å². The van der Waals surface area contributed by atoms with Gasteiger partial charge in [-0.25, -0.2) is 9.37 Å². The van der Waals surface area contributed by atoms with E-state index < -0.39 is 12.4 Å². The van der Waals surface area contributed by atoms with Crippen molar-refractivity contribution >= 4 is 6.08 Å². The van der Waals surface area contributed by atoms with Crippen LogP contribution in [0.2, 0.25) is 0 Å². The van der Waals surface area contributed by atoms with Crippen LogP contribution in [0.25, 0.3) is 17.5 Å². The van der Waals surface area contributed by atoms with E-state index in [-0.39, 0.29) is 0 Å². The van der Waals surface area contributed by atoms with Crippen molar-refractivity contribution in [2.24, 2.45) is 0 Å². The summed E-state index contributed by atoms with van der Waals surface area (Å²) in [5.41, 5.74) is 1.51. The molecule has 1 heterocycles. The first-order valence-corrected chi connectivity index (χ1v) is 4.76. The number of hydrogen-bond acceptors (Lipinski definition) is 3. The molecule has 0 amide bonds. The van der Waals surface area contributed by atoms with Gasteiger partial charge in [-0.05, 0) is 23.8 Å². The van der Waals surface area contributed by atoms with Crippen molar-refractivity contribution in [2.45, 2.75) is 0 Å². The number of aliphatic hydroxyl groups is 1. The van der Waals surface area contributed by atoms with Crippen molar-refractivity contribution in [3.63, 3.8) is 0 Å². The van der Waals surface area contributed by atoms with Crippen LogP contribution in [0.15, 0.2) is 47.0 Å². The SMILES string of the molecule is OC/C(F)=C\c1ccc(-c2ncco2)cc1. The Morgan fingerprint density at radius 1 is 1.38 bits per heavy atom. The lowest BCUT2D eigenvalue weighted by Crippen LogP contribution is -1.83. The molecule has 3 nitrogen and oxygen atoms in total. The second kappa shape index (κ2) is 4.72. The van der Waals surface area contributed by atoms with Crippen LogP contribution in [-0.4, -0.2) is 16.7 Å². The highest BCUT2D eigenvalue weighted by atomic mass is 19.1. The number of hydrogen-bond donors (Lipinski definition) is 1. The maximum Gasteiger partial charge on any atom is 0.225 e. The molecule has 2 aromatic rings. The predicted octanol–water partition coefficient (Wildman–Crippen LogP) is 2.64. The quantitative estimate of drug-likeness (QED) is 0.863. The predicted molar refractivity (Wildman–Crippen MR) is 58.1 cm³/mol. The van der Waals surface area contributed by atoms with E-state index in [1.54, 1.807) is 30.5 Å². The Kier molecular flexibility index (Phi) is 3.12. The van der Waals surface area contributed by atoms with Crippen LogP contribution in [0.4, 0.5) is 4.39 Å². The number of aromatic nitrogens is 1. The highest BCUT2D eigenvalue weighted by Gasteiger charge is 2.01. The van der Waals surface area contributed by atoms with Crippen molar-refractivity contribution in [3.05, 3.63) is 48.1 Å². The summed E-state index contributed by atoms with van der Waals surface area (Å²) in [5, 5.41) is 8.53. The molecule has 4 heteroatoms. The van der Waals surface area contributed by atoms with Crippen molar-refractivity contribution in [1.82, 2.24) is 4.98 Å². The summed E-state index contributed by atoms with van der Waals surface area (Å²) in [6, 6.07) is 7.02. The first kappa shape index (κ1) is 10.6. The number of halogens is 1. The summed E-state index contributed by atoms with van der Waals surface area (Å²) < 4.78 is 17.9. The Balaban J connectivity index is 2.23. The average molecular weight is 219 g/mol. The topological polar surface area (TPSA) is 46.3 Å². The summed E-state index contributed by atoms with van der Waals surface area (Å²) in [5.74, 6) is -0.0398. The number of rotatable bonds is 3. The van der Waals surface area contributed by atoms with E-state index in [2.05, 4.69) is 4.98 Å². The summed E-state index contributed by atoms with van der Waals surface area (Å²) >= 11 is 0. The molecule has 0 aliphatic carbocycles. The van der Waals surface area contributed by atoms with Crippen LogP contribution in [0.1, 0.15) is 5.56 Å². The molecular formula is C12H10FNO2. The van der Waals surface area contributed by atoms with E-state index in [0.29, 0.717) is 11.5 Å². The lowest BCUT2D eigenvalue weighted by Gasteiger charge is -1.97. The summed E-state index contributed by atoms with van der Waals surface area (Å²) in [7, 11) is 0. The fourth-order valence-corrected chi connectivity index (χ4v) is 1.31. The minimum absolute atomic E-state index is 0.526.